The van der Waals surface area contributed by atoms with Gasteiger partial charge in [0.05, 0.1) is 11.4 Å². The van der Waals surface area contributed by atoms with E-state index in [1.165, 1.54) is 0 Å². The fourth-order valence-corrected chi connectivity index (χ4v) is 4.70. The molecule has 3 aromatic carbocycles. The van der Waals surface area contributed by atoms with E-state index in [1.54, 1.807) is 77.7 Å². The molecule has 176 valence electrons. The van der Waals surface area contributed by atoms with Crippen molar-refractivity contribution in [2.24, 2.45) is 0 Å². The molecule has 2 aliphatic rings. The van der Waals surface area contributed by atoms with Crippen molar-refractivity contribution in [1.29, 1.82) is 0 Å². The zero-order chi connectivity index (χ0) is 24.4. The van der Waals surface area contributed by atoms with Crippen molar-refractivity contribution in [2.45, 2.75) is 18.4 Å². The third-order valence-corrected chi connectivity index (χ3v) is 6.36. The first-order valence-corrected chi connectivity index (χ1v) is 11.4. The van der Waals surface area contributed by atoms with Gasteiger partial charge in [-0.3, -0.25) is 19.3 Å². The van der Waals surface area contributed by atoms with Crippen LogP contribution in [0.4, 0.5) is 16.2 Å². The van der Waals surface area contributed by atoms with Gasteiger partial charge in [0.25, 0.3) is 5.91 Å². The molecule has 3 aromatic rings. The maximum Gasteiger partial charge on any atom is 0.326 e. The van der Waals surface area contributed by atoms with Crippen molar-refractivity contribution in [3.8, 4) is 0 Å². The molecule has 8 nitrogen and oxygen atoms in total. The number of hydrogen-bond acceptors (Lipinski definition) is 4. The Morgan fingerprint density at radius 3 is 2.06 bits per heavy atom. The highest BCUT2D eigenvalue weighted by molar-refractivity contribution is 6.12. The molecule has 0 saturated carbocycles. The third kappa shape index (κ3) is 3.93. The SMILES string of the molecule is O=C(CN1C(=O)NC(c2ccccc2)(c2ccccc2)C1=O)Nc1ccccc1N1CCCC1=O. The summed E-state index contributed by atoms with van der Waals surface area (Å²) in [5.74, 6) is -1.07. The number of carbonyl (C=O) groups is 4. The van der Waals surface area contributed by atoms with Crippen molar-refractivity contribution in [3.05, 3.63) is 96.1 Å². The molecule has 0 atom stereocenters. The van der Waals surface area contributed by atoms with Crippen molar-refractivity contribution in [2.75, 3.05) is 23.3 Å². The van der Waals surface area contributed by atoms with E-state index in [4.69, 9.17) is 0 Å². The Balaban J connectivity index is 1.41. The second kappa shape index (κ2) is 9.06. The molecular formula is C27H24N4O4. The second-order valence-corrected chi connectivity index (χ2v) is 8.52. The van der Waals surface area contributed by atoms with Crippen LogP contribution in [0.2, 0.25) is 0 Å². The van der Waals surface area contributed by atoms with Crippen molar-refractivity contribution in [3.63, 3.8) is 0 Å². The number of rotatable bonds is 6. The minimum absolute atomic E-state index is 0.00342. The molecule has 35 heavy (non-hydrogen) atoms. The van der Waals surface area contributed by atoms with Gasteiger partial charge in [-0.05, 0) is 29.7 Å². The van der Waals surface area contributed by atoms with E-state index in [0.717, 1.165) is 11.3 Å². The molecule has 0 aliphatic carbocycles. The van der Waals surface area contributed by atoms with Crippen LogP contribution in [0.3, 0.4) is 0 Å². The van der Waals surface area contributed by atoms with E-state index in [0.29, 0.717) is 35.5 Å². The maximum atomic E-state index is 13.8. The zero-order valence-corrected chi connectivity index (χ0v) is 18.9. The lowest BCUT2D eigenvalue weighted by Crippen LogP contribution is -2.45. The lowest BCUT2D eigenvalue weighted by atomic mass is 9.82. The molecule has 2 fully saturated rings. The van der Waals surface area contributed by atoms with Gasteiger partial charge in [-0.2, -0.15) is 0 Å². The minimum Gasteiger partial charge on any atom is -0.323 e. The number of urea groups is 1. The van der Waals surface area contributed by atoms with Gasteiger partial charge in [0.15, 0.2) is 5.54 Å². The fourth-order valence-electron chi connectivity index (χ4n) is 4.70. The van der Waals surface area contributed by atoms with Gasteiger partial charge < -0.3 is 15.5 Å². The molecular weight excluding hydrogens is 444 g/mol. The van der Waals surface area contributed by atoms with E-state index in [-0.39, 0.29) is 5.91 Å². The van der Waals surface area contributed by atoms with Crippen LogP contribution in [-0.4, -0.2) is 41.7 Å². The monoisotopic (exact) mass is 468 g/mol. The van der Waals surface area contributed by atoms with Crippen LogP contribution < -0.4 is 15.5 Å². The number of hydrogen-bond donors (Lipinski definition) is 2. The van der Waals surface area contributed by atoms with Gasteiger partial charge in [-0.1, -0.05) is 72.8 Å². The van der Waals surface area contributed by atoms with E-state index < -0.39 is 29.9 Å². The van der Waals surface area contributed by atoms with E-state index in [9.17, 15) is 19.2 Å². The zero-order valence-electron chi connectivity index (χ0n) is 18.9. The normalized spacial score (nSPS) is 17.0. The topological polar surface area (TPSA) is 98.8 Å². The Morgan fingerprint density at radius 1 is 0.857 bits per heavy atom. The van der Waals surface area contributed by atoms with Gasteiger partial charge in [0.2, 0.25) is 11.8 Å². The predicted octanol–water partition coefficient (Wildman–Crippen LogP) is 3.25. The first kappa shape index (κ1) is 22.3. The van der Waals surface area contributed by atoms with Gasteiger partial charge in [0.1, 0.15) is 6.54 Å². The van der Waals surface area contributed by atoms with Crippen LogP contribution in [-0.2, 0) is 19.9 Å². The number of amides is 5. The predicted molar refractivity (Wildman–Crippen MR) is 131 cm³/mol. The van der Waals surface area contributed by atoms with Crippen LogP contribution >= 0.6 is 0 Å². The van der Waals surface area contributed by atoms with Crippen LogP contribution in [0, 0.1) is 0 Å². The summed E-state index contributed by atoms with van der Waals surface area (Å²) in [6.07, 6.45) is 1.22. The molecule has 5 amide bonds. The van der Waals surface area contributed by atoms with E-state index in [1.807, 2.05) is 12.1 Å². The van der Waals surface area contributed by atoms with E-state index >= 15 is 0 Å². The van der Waals surface area contributed by atoms with Gasteiger partial charge in [-0.15, -0.1) is 0 Å². The Kier molecular flexibility index (Phi) is 5.78. The van der Waals surface area contributed by atoms with Crippen molar-refractivity contribution in [1.82, 2.24) is 10.2 Å². The van der Waals surface area contributed by atoms with Crippen molar-refractivity contribution >= 4 is 35.1 Å². The van der Waals surface area contributed by atoms with Gasteiger partial charge in [0, 0.05) is 13.0 Å². The maximum absolute atomic E-state index is 13.8. The third-order valence-electron chi connectivity index (χ3n) is 6.36. The highest BCUT2D eigenvalue weighted by Crippen LogP contribution is 2.36. The van der Waals surface area contributed by atoms with Crippen LogP contribution in [0.15, 0.2) is 84.9 Å². The van der Waals surface area contributed by atoms with E-state index in [2.05, 4.69) is 10.6 Å². The Hall–Kier alpha value is -4.46. The summed E-state index contributed by atoms with van der Waals surface area (Å²) in [6.45, 7) is 0.115. The smallest absolute Gasteiger partial charge is 0.323 e. The number of anilines is 2. The fraction of sp³-hybridized carbons (Fsp3) is 0.185. The number of nitrogens with one attached hydrogen (secondary N) is 2. The largest absolute Gasteiger partial charge is 0.326 e. The highest BCUT2D eigenvalue weighted by Gasteiger charge is 2.54. The van der Waals surface area contributed by atoms with Crippen LogP contribution in [0.25, 0.3) is 0 Å². The molecule has 2 aliphatic heterocycles. The highest BCUT2D eigenvalue weighted by atomic mass is 16.2. The second-order valence-electron chi connectivity index (χ2n) is 8.52. The summed E-state index contributed by atoms with van der Waals surface area (Å²) in [7, 11) is 0. The summed E-state index contributed by atoms with van der Waals surface area (Å²) < 4.78 is 0. The van der Waals surface area contributed by atoms with Crippen LogP contribution in [0.5, 0.6) is 0 Å². The molecule has 0 aromatic heterocycles. The van der Waals surface area contributed by atoms with Gasteiger partial charge in [-0.25, -0.2) is 4.79 Å². The average molecular weight is 469 g/mol. The Labute approximate surface area is 202 Å². The molecule has 0 spiro atoms. The Morgan fingerprint density at radius 2 is 1.46 bits per heavy atom. The number of benzene rings is 3. The molecule has 2 saturated heterocycles. The molecule has 8 heteroatoms. The Bertz CT molecular complexity index is 1250. The lowest BCUT2D eigenvalue weighted by Gasteiger charge is -2.28. The number of imide groups is 1. The summed E-state index contributed by atoms with van der Waals surface area (Å²) in [5.41, 5.74) is 0.830. The quantitative estimate of drug-likeness (QED) is 0.543. The molecule has 5 rings (SSSR count). The number of carbonyl (C=O) groups excluding carboxylic acids is 4. The first-order chi connectivity index (χ1) is 17.0. The summed E-state index contributed by atoms with van der Waals surface area (Å²) >= 11 is 0. The molecule has 0 bridgehead atoms. The minimum atomic E-state index is -1.43. The molecule has 2 heterocycles. The molecule has 0 radical (unpaired) electrons. The van der Waals surface area contributed by atoms with Crippen LogP contribution in [0.1, 0.15) is 24.0 Å². The molecule has 2 N–H and O–H groups in total. The lowest BCUT2D eigenvalue weighted by molar-refractivity contribution is -0.133. The molecule has 0 unspecified atom stereocenters. The summed E-state index contributed by atoms with van der Waals surface area (Å²) in [4.78, 5) is 54.6. The van der Waals surface area contributed by atoms with Crippen molar-refractivity contribution < 1.29 is 19.2 Å². The summed E-state index contributed by atoms with van der Waals surface area (Å²) in [5, 5.41) is 5.61. The average Bonchev–Trinajstić information content (AvgIpc) is 3.42. The number of para-hydroxylation sites is 2. The van der Waals surface area contributed by atoms with Gasteiger partial charge >= 0.3 is 6.03 Å². The standard InChI is InChI=1S/C27H24N4O4/c32-23(28-21-14-7-8-15-22(21)30-17-9-16-24(30)33)18-31-25(34)27(29-26(31)35,19-10-3-1-4-11-19)20-12-5-2-6-13-20/h1-8,10-15H,9,16-18H2,(H,28,32)(H,29,35). The summed E-state index contributed by atoms with van der Waals surface area (Å²) in [6, 6.07) is 24.3. The number of nitrogens with zero attached hydrogens (tertiary/aromatic N) is 2. The first-order valence-electron chi connectivity index (χ1n) is 11.4.